The van der Waals surface area contributed by atoms with Gasteiger partial charge in [0.15, 0.2) is 12.0 Å². The molecule has 0 aromatic heterocycles. The lowest BCUT2D eigenvalue weighted by Crippen LogP contribution is -2.16. The molecule has 0 heterocycles. The predicted molar refractivity (Wildman–Crippen MR) is 35.3 cm³/mol. The zero-order valence-corrected chi connectivity index (χ0v) is 5.86. The standard InChI is InChI=1S/C7H10F2O/c1-5(2)7(10)6(9)3-4-8/h6H,1,3-4H2,2H3. The summed E-state index contributed by atoms with van der Waals surface area (Å²) < 4.78 is 23.8. The number of hydrogen-bond donors (Lipinski definition) is 0. The smallest absolute Gasteiger partial charge is 0.192 e. The topological polar surface area (TPSA) is 17.1 Å². The molecule has 0 spiro atoms. The highest BCUT2D eigenvalue weighted by Gasteiger charge is 2.16. The van der Waals surface area contributed by atoms with Crippen LogP contribution in [0.5, 0.6) is 0 Å². The van der Waals surface area contributed by atoms with Crippen LogP contribution >= 0.6 is 0 Å². The third-order valence-corrected chi connectivity index (χ3v) is 1.07. The Bertz CT molecular complexity index is 143. The van der Waals surface area contributed by atoms with Gasteiger partial charge >= 0.3 is 0 Å². The largest absolute Gasteiger partial charge is 0.291 e. The van der Waals surface area contributed by atoms with E-state index in [0.29, 0.717) is 0 Å². The molecule has 0 amide bonds. The van der Waals surface area contributed by atoms with Gasteiger partial charge < -0.3 is 0 Å². The first kappa shape index (κ1) is 9.27. The summed E-state index contributed by atoms with van der Waals surface area (Å²) in [6, 6.07) is 0. The van der Waals surface area contributed by atoms with E-state index in [-0.39, 0.29) is 12.0 Å². The Kier molecular flexibility index (Phi) is 3.84. The van der Waals surface area contributed by atoms with Crippen LogP contribution in [0.15, 0.2) is 12.2 Å². The number of carbonyl (C=O) groups excluding carboxylic acids is 1. The van der Waals surface area contributed by atoms with Gasteiger partial charge in [0.05, 0.1) is 6.67 Å². The van der Waals surface area contributed by atoms with E-state index in [4.69, 9.17) is 0 Å². The van der Waals surface area contributed by atoms with E-state index in [1.165, 1.54) is 6.92 Å². The molecule has 0 saturated heterocycles. The fraction of sp³-hybridized carbons (Fsp3) is 0.571. The van der Waals surface area contributed by atoms with Crippen molar-refractivity contribution in [2.75, 3.05) is 6.67 Å². The average molecular weight is 148 g/mol. The SMILES string of the molecule is C=C(C)C(=O)C(F)CCF. The summed E-state index contributed by atoms with van der Waals surface area (Å²) in [5.41, 5.74) is 0.140. The molecule has 0 N–H and O–H groups in total. The zero-order valence-electron chi connectivity index (χ0n) is 5.86. The molecular formula is C7H10F2O. The fourth-order valence-corrected chi connectivity index (χ4v) is 0.494. The molecule has 1 atom stereocenters. The maximum absolute atomic E-state index is 12.4. The molecule has 0 bridgehead atoms. The first-order chi connectivity index (χ1) is 4.59. The Labute approximate surface area is 58.7 Å². The van der Waals surface area contributed by atoms with Crippen molar-refractivity contribution < 1.29 is 13.6 Å². The van der Waals surface area contributed by atoms with Gasteiger partial charge in [0, 0.05) is 6.42 Å². The van der Waals surface area contributed by atoms with Gasteiger partial charge in [0.25, 0.3) is 0 Å². The third-order valence-electron chi connectivity index (χ3n) is 1.07. The van der Waals surface area contributed by atoms with Crippen LogP contribution in [0.4, 0.5) is 8.78 Å². The fourth-order valence-electron chi connectivity index (χ4n) is 0.494. The average Bonchev–Trinajstić information content (AvgIpc) is 1.87. The van der Waals surface area contributed by atoms with Crippen molar-refractivity contribution in [3.05, 3.63) is 12.2 Å². The summed E-state index contributed by atoms with van der Waals surface area (Å²) >= 11 is 0. The minimum Gasteiger partial charge on any atom is -0.291 e. The molecule has 3 heteroatoms. The minimum absolute atomic E-state index is 0.140. The number of allylic oxidation sites excluding steroid dienone is 1. The highest BCUT2D eigenvalue weighted by atomic mass is 19.1. The Hall–Kier alpha value is -0.730. The van der Waals surface area contributed by atoms with E-state index < -0.39 is 18.6 Å². The van der Waals surface area contributed by atoms with E-state index >= 15 is 0 Å². The van der Waals surface area contributed by atoms with Gasteiger partial charge in [-0.05, 0) is 12.5 Å². The third kappa shape index (κ3) is 2.71. The normalized spacial score (nSPS) is 12.7. The van der Waals surface area contributed by atoms with Crippen molar-refractivity contribution in [3.63, 3.8) is 0 Å². The Morgan fingerprint density at radius 2 is 2.20 bits per heavy atom. The molecule has 0 aliphatic heterocycles. The first-order valence-electron chi connectivity index (χ1n) is 2.99. The van der Waals surface area contributed by atoms with Crippen LogP contribution < -0.4 is 0 Å². The molecule has 0 radical (unpaired) electrons. The predicted octanol–water partition coefficient (Wildman–Crippen LogP) is 1.83. The minimum atomic E-state index is -1.71. The monoisotopic (exact) mass is 148 g/mol. The summed E-state index contributed by atoms with van der Waals surface area (Å²) in [4.78, 5) is 10.6. The molecule has 1 unspecified atom stereocenters. The summed E-state index contributed by atoms with van der Waals surface area (Å²) in [6.45, 7) is 3.85. The number of hydrogen-bond acceptors (Lipinski definition) is 1. The molecule has 0 aliphatic carbocycles. The number of Topliss-reactive ketones (excluding diaryl/α,β-unsaturated/α-hetero) is 1. The van der Waals surface area contributed by atoms with Gasteiger partial charge in [-0.3, -0.25) is 9.18 Å². The van der Waals surface area contributed by atoms with E-state index in [2.05, 4.69) is 6.58 Å². The molecule has 10 heavy (non-hydrogen) atoms. The van der Waals surface area contributed by atoms with Crippen LogP contribution in [0, 0.1) is 0 Å². The first-order valence-corrected chi connectivity index (χ1v) is 2.99. The maximum Gasteiger partial charge on any atom is 0.192 e. The van der Waals surface area contributed by atoms with Crippen molar-refractivity contribution in [3.8, 4) is 0 Å². The lowest BCUT2D eigenvalue weighted by Gasteiger charge is -2.02. The van der Waals surface area contributed by atoms with Crippen molar-refractivity contribution in [1.82, 2.24) is 0 Å². The highest BCUT2D eigenvalue weighted by Crippen LogP contribution is 2.05. The summed E-state index contributed by atoms with van der Waals surface area (Å²) in [5.74, 6) is -0.697. The van der Waals surface area contributed by atoms with Crippen molar-refractivity contribution in [2.24, 2.45) is 0 Å². The maximum atomic E-state index is 12.4. The van der Waals surface area contributed by atoms with E-state index in [0.717, 1.165) is 0 Å². The Morgan fingerprint density at radius 3 is 2.50 bits per heavy atom. The highest BCUT2D eigenvalue weighted by molar-refractivity contribution is 5.97. The number of rotatable bonds is 4. The van der Waals surface area contributed by atoms with Crippen LogP contribution in [0.25, 0.3) is 0 Å². The molecule has 0 aliphatic rings. The van der Waals surface area contributed by atoms with E-state index in [1.807, 2.05) is 0 Å². The van der Waals surface area contributed by atoms with E-state index in [9.17, 15) is 13.6 Å². The molecule has 1 nitrogen and oxygen atoms in total. The summed E-state index contributed by atoms with van der Waals surface area (Å²) in [7, 11) is 0. The molecular weight excluding hydrogens is 138 g/mol. The van der Waals surface area contributed by atoms with Gasteiger partial charge in [0.1, 0.15) is 0 Å². The quantitative estimate of drug-likeness (QED) is 0.556. The van der Waals surface area contributed by atoms with Gasteiger partial charge in [-0.1, -0.05) is 6.58 Å². The molecule has 0 aromatic rings. The van der Waals surface area contributed by atoms with Crippen LogP contribution in [-0.2, 0) is 4.79 Å². The van der Waals surface area contributed by atoms with Crippen molar-refractivity contribution >= 4 is 5.78 Å². The number of ketones is 1. The number of carbonyl (C=O) groups is 1. The van der Waals surface area contributed by atoms with Crippen LogP contribution in [0.2, 0.25) is 0 Å². The van der Waals surface area contributed by atoms with Gasteiger partial charge in [-0.2, -0.15) is 0 Å². The number of halogens is 2. The van der Waals surface area contributed by atoms with E-state index in [1.54, 1.807) is 0 Å². The second kappa shape index (κ2) is 4.14. The van der Waals surface area contributed by atoms with Crippen molar-refractivity contribution in [1.29, 1.82) is 0 Å². The zero-order chi connectivity index (χ0) is 8.15. The molecule has 0 rings (SSSR count). The molecule has 0 fully saturated rings. The molecule has 58 valence electrons. The van der Waals surface area contributed by atoms with Crippen LogP contribution in [-0.4, -0.2) is 18.6 Å². The van der Waals surface area contributed by atoms with Crippen LogP contribution in [0.3, 0.4) is 0 Å². The van der Waals surface area contributed by atoms with Crippen molar-refractivity contribution in [2.45, 2.75) is 19.5 Å². The molecule has 0 aromatic carbocycles. The lowest BCUT2D eigenvalue weighted by atomic mass is 10.1. The Balaban J connectivity index is 3.82. The van der Waals surface area contributed by atoms with Gasteiger partial charge in [0.2, 0.25) is 0 Å². The summed E-state index contributed by atoms with van der Waals surface area (Å²) in [6.07, 6.45) is -2.06. The van der Waals surface area contributed by atoms with Gasteiger partial charge in [-0.15, -0.1) is 0 Å². The summed E-state index contributed by atoms with van der Waals surface area (Å²) in [5, 5.41) is 0. The second-order valence-electron chi connectivity index (χ2n) is 2.09. The van der Waals surface area contributed by atoms with Gasteiger partial charge in [-0.25, -0.2) is 4.39 Å². The lowest BCUT2D eigenvalue weighted by molar-refractivity contribution is -0.120. The van der Waals surface area contributed by atoms with Crippen LogP contribution in [0.1, 0.15) is 13.3 Å². The Morgan fingerprint density at radius 1 is 1.70 bits per heavy atom. The number of alkyl halides is 2. The molecule has 0 saturated carbocycles. The second-order valence-corrected chi connectivity index (χ2v) is 2.09.